The van der Waals surface area contributed by atoms with E-state index in [1.807, 2.05) is 18.2 Å². The number of halogens is 1. The molecule has 0 bridgehead atoms. The van der Waals surface area contributed by atoms with Crippen LogP contribution in [0.5, 0.6) is 0 Å². The summed E-state index contributed by atoms with van der Waals surface area (Å²) in [6.07, 6.45) is 0. The van der Waals surface area contributed by atoms with Crippen molar-refractivity contribution in [3.8, 4) is 0 Å². The number of benzene rings is 2. The van der Waals surface area contributed by atoms with Crippen LogP contribution in [0.25, 0.3) is 0 Å². The Balaban J connectivity index is 1.94. The first-order chi connectivity index (χ1) is 9.18. The van der Waals surface area contributed by atoms with Gasteiger partial charge in [-0.15, -0.1) is 0 Å². The Hall–Kier alpha value is -1.31. The average molecular weight is 274 g/mol. The molecule has 1 N–H and O–H groups in total. The first-order valence-corrected chi connectivity index (χ1v) is 7.09. The maximum Gasteiger partial charge on any atom is 0.0453 e. The molecular weight excluding hydrogens is 254 g/mol. The molecule has 0 fully saturated rings. The van der Waals surface area contributed by atoms with Gasteiger partial charge in [0.1, 0.15) is 0 Å². The molecule has 2 heteroatoms. The fourth-order valence-corrected chi connectivity index (χ4v) is 2.49. The number of nitrogens with one attached hydrogen (secondary N) is 1. The Morgan fingerprint density at radius 1 is 0.947 bits per heavy atom. The molecule has 0 aliphatic carbocycles. The second-order valence-corrected chi connectivity index (χ2v) is 5.37. The van der Waals surface area contributed by atoms with Crippen LogP contribution >= 0.6 is 11.6 Å². The zero-order valence-electron chi connectivity index (χ0n) is 11.4. The minimum Gasteiger partial charge on any atom is -0.310 e. The van der Waals surface area contributed by atoms with Crippen molar-refractivity contribution in [1.29, 1.82) is 0 Å². The Labute approximate surface area is 120 Å². The van der Waals surface area contributed by atoms with E-state index < -0.39 is 0 Å². The highest BCUT2D eigenvalue weighted by Gasteiger charge is 2.11. The molecule has 0 radical (unpaired) electrons. The van der Waals surface area contributed by atoms with Gasteiger partial charge in [0.2, 0.25) is 0 Å². The quantitative estimate of drug-likeness (QED) is 0.826. The Bertz CT molecular complexity index is 510. The van der Waals surface area contributed by atoms with Crippen LogP contribution in [-0.4, -0.2) is 6.54 Å². The van der Waals surface area contributed by atoms with Crippen molar-refractivity contribution in [2.45, 2.75) is 25.8 Å². The van der Waals surface area contributed by atoms with E-state index in [0.717, 1.165) is 17.1 Å². The highest BCUT2D eigenvalue weighted by Crippen LogP contribution is 2.23. The molecule has 2 aromatic rings. The van der Waals surface area contributed by atoms with Crippen LogP contribution in [0.15, 0.2) is 54.6 Å². The first-order valence-electron chi connectivity index (χ1n) is 6.71. The lowest BCUT2D eigenvalue weighted by Gasteiger charge is -2.19. The zero-order valence-corrected chi connectivity index (χ0v) is 12.2. The predicted molar refractivity (Wildman–Crippen MR) is 82.7 cm³/mol. The molecule has 0 aliphatic heterocycles. The van der Waals surface area contributed by atoms with Gasteiger partial charge in [-0.1, -0.05) is 67.1 Å². The third kappa shape index (κ3) is 3.82. The summed E-state index contributed by atoms with van der Waals surface area (Å²) in [6, 6.07) is 18.8. The molecule has 0 aromatic heterocycles. The van der Waals surface area contributed by atoms with E-state index in [1.165, 1.54) is 5.56 Å². The SMILES string of the molecule is CC(CN[C@@H](C)c1ccccc1Cl)c1ccccc1. The Morgan fingerprint density at radius 3 is 2.26 bits per heavy atom. The summed E-state index contributed by atoms with van der Waals surface area (Å²) >= 11 is 6.21. The van der Waals surface area contributed by atoms with Gasteiger partial charge in [0.25, 0.3) is 0 Å². The normalized spacial score (nSPS) is 14.1. The molecule has 0 heterocycles. The minimum atomic E-state index is 0.264. The van der Waals surface area contributed by atoms with Gasteiger partial charge in [0, 0.05) is 17.6 Å². The molecule has 2 aromatic carbocycles. The van der Waals surface area contributed by atoms with Gasteiger partial charge in [-0.2, -0.15) is 0 Å². The molecule has 0 saturated carbocycles. The molecule has 19 heavy (non-hydrogen) atoms. The second-order valence-electron chi connectivity index (χ2n) is 4.96. The average Bonchev–Trinajstić information content (AvgIpc) is 2.46. The van der Waals surface area contributed by atoms with Crippen LogP contribution in [0.3, 0.4) is 0 Å². The third-order valence-corrected chi connectivity index (χ3v) is 3.81. The fraction of sp³-hybridized carbons (Fsp3) is 0.294. The summed E-state index contributed by atoms with van der Waals surface area (Å²) in [4.78, 5) is 0. The topological polar surface area (TPSA) is 12.0 Å². The second kappa shape index (κ2) is 6.74. The van der Waals surface area contributed by atoms with Crippen molar-refractivity contribution in [2.24, 2.45) is 0 Å². The summed E-state index contributed by atoms with van der Waals surface area (Å²) in [5, 5.41) is 4.38. The maximum absolute atomic E-state index is 6.21. The molecule has 1 unspecified atom stereocenters. The molecule has 0 spiro atoms. The molecule has 0 aliphatic rings. The smallest absolute Gasteiger partial charge is 0.0453 e. The lowest BCUT2D eigenvalue weighted by Crippen LogP contribution is -2.23. The van der Waals surface area contributed by atoms with E-state index in [4.69, 9.17) is 11.6 Å². The highest BCUT2D eigenvalue weighted by molar-refractivity contribution is 6.31. The van der Waals surface area contributed by atoms with E-state index in [0.29, 0.717) is 5.92 Å². The minimum absolute atomic E-state index is 0.264. The van der Waals surface area contributed by atoms with Gasteiger partial charge in [-0.05, 0) is 30.0 Å². The van der Waals surface area contributed by atoms with E-state index >= 15 is 0 Å². The monoisotopic (exact) mass is 273 g/mol. The fourth-order valence-electron chi connectivity index (χ4n) is 2.19. The van der Waals surface area contributed by atoms with Crippen LogP contribution in [0.1, 0.15) is 36.9 Å². The molecule has 2 atom stereocenters. The predicted octanol–water partition coefficient (Wildman–Crippen LogP) is 4.79. The van der Waals surface area contributed by atoms with Crippen LogP contribution in [0.4, 0.5) is 0 Å². The van der Waals surface area contributed by atoms with Crippen molar-refractivity contribution < 1.29 is 0 Å². The maximum atomic E-state index is 6.21. The van der Waals surface area contributed by atoms with Crippen LogP contribution in [0.2, 0.25) is 5.02 Å². The third-order valence-electron chi connectivity index (χ3n) is 3.47. The van der Waals surface area contributed by atoms with Gasteiger partial charge in [0.15, 0.2) is 0 Å². The van der Waals surface area contributed by atoms with E-state index in [1.54, 1.807) is 0 Å². The van der Waals surface area contributed by atoms with E-state index in [2.05, 4.69) is 55.6 Å². The summed E-state index contributed by atoms with van der Waals surface area (Å²) < 4.78 is 0. The van der Waals surface area contributed by atoms with Crippen molar-refractivity contribution >= 4 is 11.6 Å². The van der Waals surface area contributed by atoms with E-state index in [9.17, 15) is 0 Å². The lowest BCUT2D eigenvalue weighted by molar-refractivity contribution is 0.537. The van der Waals surface area contributed by atoms with Crippen molar-refractivity contribution in [3.05, 3.63) is 70.7 Å². The van der Waals surface area contributed by atoms with Gasteiger partial charge < -0.3 is 5.32 Å². The van der Waals surface area contributed by atoms with Crippen molar-refractivity contribution in [3.63, 3.8) is 0 Å². The van der Waals surface area contributed by atoms with E-state index in [-0.39, 0.29) is 6.04 Å². The highest BCUT2D eigenvalue weighted by atomic mass is 35.5. The van der Waals surface area contributed by atoms with Crippen LogP contribution in [0, 0.1) is 0 Å². The largest absolute Gasteiger partial charge is 0.310 e. The summed E-state index contributed by atoms with van der Waals surface area (Å²) in [7, 11) is 0. The summed E-state index contributed by atoms with van der Waals surface area (Å²) in [5.41, 5.74) is 2.52. The molecular formula is C17H20ClN. The first kappa shape index (κ1) is 14.1. The molecule has 1 nitrogen and oxygen atoms in total. The Kier molecular flexibility index (Phi) is 5.00. The Morgan fingerprint density at radius 2 is 1.58 bits per heavy atom. The molecule has 0 saturated heterocycles. The van der Waals surface area contributed by atoms with Gasteiger partial charge in [-0.3, -0.25) is 0 Å². The number of hydrogen-bond donors (Lipinski definition) is 1. The molecule has 0 amide bonds. The standard InChI is InChI=1S/C17H20ClN/c1-13(15-8-4-3-5-9-15)12-19-14(2)16-10-6-7-11-17(16)18/h3-11,13-14,19H,12H2,1-2H3/t13?,14-/m0/s1. The van der Waals surface area contributed by atoms with Gasteiger partial charge >= 0.3 is 0 Å². The number of rotatable bonds is 5. The lowest BCUT2D eigenvalue weighted by atomic mass is 10.0. The van der Waals surface area contributed by atoms with Crippen LogP contribution in [-0.2, 0) is 0 Å². The van der Waals surface area contributed by atoms with Crippen molar-refractivity contribution in [1.82, 2.24) is 5.32 Å². The molecule has 2 rings (SSSR count). The van der Waals surface area contributed by atoms with Crippen LogP contribution < -0.4 is 5.32 Å². The van der Waals surface area contributed by atoms with Gasteiger partial charge in [-0.25, -0.2) is 0 Å². The molecule has 100 valence electrons. The van der Waals surface area contributed by atoms with Gasteiger partial charge in [0.05, 0.1) is 0 Å². The summed E-state index contributed by atoms with van der Waals surface area (Å²) in [5.74, 6) is 0.492. The summed E-state index contributed by atoms with van der Waals surface area (Å²) in [6.45, 7) is 5.33. The number of hydrogen-bond acceptors (Lipinski definition) is 1. The van der Waals surface area contributed by atoms with Crippen molar-refractivity contribution in [2.75, 3.05) is 6.54 Å². The zero-order chi connectivity index (χ0) is 13.7.